The van der Waals surface area contributed by atoms with Gasteiger partial charge in [-0.25, -0.2) is 0 Å². The third-order valence-corrected chi connectivity index (χ3v) is 8.36. The number of benzene rings is 3. The Morgan fingerprint density at radius 2 is 1.00 bits per heavy atom. The van der Waals surface area contributed by atoms with Gasteiger partial charge in [-0.2, -0.15) is 0 Å². The summed E-state index contributed by atoms with van der Waals surface area (Å²) in [6, 6.07) is 31.3. The molecule has 126 valence electrons. The number of ketones is 1. The molecule has 0 saturated carbocycles. The largest absolute Gasteiger partial charge is 0.295 e. The molecule has 0 N–H and O–H groups in total. The predicted molar refractivity (Wildman–Crippen MR) is 111 cm³/mol. The normalized spacial score (nSPS) is 11.3. The topological polar surface area (TPSA) is 17.1 Å². The molecule has 0 radical (unpaired) electrons. The lowest BCUT2D eigenvalue weighted by atomic mass is 10.1. The summed E-state index contributed by atoms with van der Waals surface area (Å²) in [6.45, 7) is 1.80. The third-order valence-electron chi connectivity index (χ3n) is 4.38. The van der Waals surface area contributed by atoms with Gasteiger partial charge >= 0.3 is 0 Å². The van der Waals surface area contributed by atoms with Gasteiger partial charge < -0.3 is 0 Å². The van der Waals surface area contributed by atoms with E-state index in [4.69, 9.17) is 0 Å². The van der Waals surface area contributed by atoms with Crippen molar-refractivity contribution < 1.29 is 4.79 Å². The zero-order chi connectivity index (χ0) is 17.7. The number of hydrogen-bond acceptors (Lipinski definition) is 1. The first-order chi connectivity index (χ1) is 12.1. The van der Waals surface area contributed by atoms with Gasteiger partial charge in [0.2, 0.25) is 0 Å². The van der Waals surface area contributed by atoms with Gasteiger partial charge in [-0.05, 0) is 28.6 Å². The molecule has 0 atom stereocenters. The molecule has 0 unspecified atom stereocenters. The zero-order valence-corrected chi connectivity index (χ0v) is 15.6. The Morgan fingerprint density at radius 1 is 0.680 bits per heavy atom. The van der Waals surface area contributed by atoms with E-state index in [1.807, 2.05) is 37.8 Å². The lowest BCUT2D eigenvalue weighted by molar-refractivity contribution is -0.114. The molecule has 0 spiro atoms. The van der Waals surface area contributed by atoms with E-state index in [2.05, 4.69) is 72.8 Å². The molecule has 3 aromatic rings. The average molecular weight is 346 g/mol. The molecule has 0 aromatic heterocycles. The highest BCUT2D eigenvalue weighted by molar-refractivity contribution is 7.95. The van der Waals surface area contributed by atoms with Crippen LogP contribution in [0.1, 0.15) is 13.8 Å². The van der Waals surface area contributed by atoms with Crippen LogP contribution in [0.2, 0.25) is 0 Å². The monoisotopic (exact) mass is 346 g/mol. The molecular weight excluding hydrogens is 323 g/mol. The molecule has 0 heterocycles. The van der Waals surface area contributed by atoms with Crippen LogP contribution in [0.25, 0.3) is 0 Å². The molecule has 0 aliphatic rings. The van der Waals surface area contributed by atoms with Crippen molar-refractivity contribution in [2.75, 3.05) is 0 Å². The molecule has 0 bridgehead atoms. The van der Waals surface area contributed by atoms with Crippen molar-refractivity contribution in [1.82, 2.24) is 0 Å². The van der Waals surface area contributed by atoms with Crippen molar-refractivity contribution in [3.05, 3.63) is 91.0 Å². The highest BCUT2D eigenvalue weighted by atomic mass is 31.2. The van der Waals surface area contributed by atoms with Gasteiger partial charge in [-0.15, -0.1) is 0 Å². The van der Waals surface area contributed by atoms with Gasteiger partial charge in [-0.1, -0.05) is 105 Å². The Kier molecular flexibility index (Phi) is 5.36. The van der Waals surface area contributed by atoms with Crippen molar-refractivity contribution in [3.8, 4) is 0 Å². The van der Waals surface area contributed by atoms with Crippen LogP contribution in [-0.4, -0.2) is 11.6 Å². The first-order valence-corrected chi connectivity index (χ1v) is 10.5. The van der Waals surface area contributed by atoms with Gasteiger partial charge in [0.05, 0.1) is 0 Å². The molecule has 25 heavy (non-hydrogen) atoms. The molecule has 3 rings (SSSR count). The van der Waals surface area contributed by atoms with Crippen LogP contribution in [0.15, 0.2) is 91.0 Å². The highest BCUT2D eigenvalue weighted by Crippen LogP contribution is 2.43. The summed E-state index contributed by atoms with van der Waals surface area (Å²) in [7, 11) is 0. The van der Waals surface area contributed by atoms with Gasteiger partial charge in [0.1, 0.15) is 0 Å². The maximum atomic E-state index is 12.9. The summed E-state index contributed by atoms with van der Waals surface area (Å²) in [5.74, 6) is 2.19. The van der Waals surface area contributed by atoms with E-state index >= 15 is 0 Å². The minimum absolute atomic E-state index is 0.0180. The molecule has 0 saturated heterocycles. The van der Waals surface area contributed by atoms with E-state index < -0.39 is 6.89 Å². The minimum Gasteiger partial charge on any atom is -0.295 e. The van der Waals surface area contributed by atoms with Crippen molar-refractivity contribution in [2.45, 2.75) is 13.8 Å². The maximum Gasteiger partial charge on any atom is 0.159 e. The number of carbonyl (C=O) groups is 1. The summed E-state index contributed by atoms with van der Waals surface area (Å²) < 4.78 is 0. The van der Waals surface area contributed by atoms with Crippen LogP contribution in [0.5, 0.6) is 0 Å². The van der Waals surface area contributed by atoms with E-state index in [0.717, 1.165) is 0 Å². The number of Topliss-reactive ketones (excluding diaryl/α,β-unsaturated/α-hetero) is 1. The van der Waals surface area contributed by atoms with Crippen molar-refractivity contribution in [3.63, 3.8) is 0 Å². The van der Waals surface area contributed by atoms with Gasteiger partial charge in [0.15, 0.2) is 5.78 Å². The fraction of sp³-hybridized carbons (Fsp3) is 0.130. The van der Waals surface area contributed by atoms with Crippen molar-refractivity contribution >= 4 is 34.4 Å². The molecule has 0 amide bonds. The summed E-state index contributed by atoms with van der Waals surface area (Å²) >= 11 is 0. The predicted octanol–water partition coefficient (Wildman–Crippen LogP) is 4.01. The molecule has 1 nitrogen and oxygen atoms in total. The van der Waals surface area contributed by atoms with Gasteiger partial charge in [0, 0.05) is 5.92 Å². The first-order valence-electron chi connectivity index (χ1n) is 8.60. The Morgan fingerprint density at radius 3 is 1.28 bits per heavy atom. The Balaban J connectivity index is 2.43. The van der Waals surface area contributed by atoms with E-state index in [1.165, 1.54) is 15.9 Å². The SMILES string of the molecule is CC(C)C(=O)C=P(c1ccccc1)(c1ccccc1)c1ccccc1. The van der Waals surface area contributed by atoms with Crippen LogP contribution in [-0.2, 0) is 4.79 Å². The molecule has 0 aliphatic heterocycles. The molecular formula is C23H23OP. The standard InChI is InChI=1S/C23H23OP/c1-19(2)23(24)18-25(20-12-6-3-7-13-20,21-14-8-4-9-15-21)22-16-10-5-11-17-22/h3-19H,1-2H3. The summed E-state index contributed by atoms with van der Waals surface area (Å²) in [4.78, 5) is 12.9. The fourth-order valence-corrected chi connectivity index (χ4v) is 6.95. The molecule has 2 heteroatoms. The van der Waals surface area contributed by atoms with Gasteiger partial charge in [0.25, 0.3) is 0 Å². The average Bonchev–Trinajstić information content (AvgIpc) is 2.68. The van der Waals surface area contributed by atoms with Crippen LogP contribution >= 0.6 is 6.89 Å². The van der Waals surface area contributed by atoms with Crippen molar-refractivity contribution in [1.29, 1.82) is 0 Å². The smallest absolute Gasteiger partial charge is 0.159 e. The summed E-state index contributed by atoms with van der Waals surface area (Å²) in [6.07, 6.45) is 0. The van der Waals surface area contributed by atoms with E-state index in [0.29, 0.717) is 0 Å². The number of rotatable bonds is 5. The van der Waals surface area contributed by atoms with Crippen LogP contribution < -0.4 is 15.9 Å². The number of hydrogen-bond donors (Lipinski definition) is 0. The van der Waals surface area contributed by atoms with Crippen LogP contribution in [0, 0.1) is 5.92 Å². The Hall–Kier alpha value is -2.37. The number of carbonyl (C=O) groups excluding carboxylic acids is 1. The molecule has 0 aliphatic carbocycles. The maximum absolute atomic E-state index is 12.9. The van der Waals surface area contributed by atoms with E-state index in [1.54, 1.807) is 0 Å². The lowest BCUT2D eigenvalue weighted by Gasteiger charge is -2.28. The Bertz CT molecular complexity index is 778. The second-order valence-electron chi connectivity index (χ2n) is 6.42. The van der Waals surface area contributed by atoms with Crippen LogP contribution in [0.4, 0.5) is 0 Å². The van der Waals surface area contributed by atoms with E-state index in [-0.39, 0.29) is 11.7 Å². The minimum atomic E-state index is -2.14. The Labute approximate surface area is 150 Å². The quantitative estimate of drug-likeness (QED) is 0.638. The second kappa shape index (κ2) is 7.68. The third kappa shape index (κ3) is 3.52. The zero-order valence-electron chi connectivity index (χ0n) is 14.7. The van der Waals surface area contributed by atoms with Crippen molar-refractivity contribution in [2.24, 2.45) is 5.92 Å². The molecule has 3 aromatic carbocycles. The first kappa shape index (κ1) is 17.5. The summed E-state index contributed by atoms with van der Waals surface area (Å²) in [5.41, 5.74) is 0. The van der Waals surface area contributed by atoms with Gasteiger partial charge in [-0.3, -0.25) is 4.79 Å². The lowest BCUT2D eigenvalue weighted by Crippen LogP contribution is -2.29. The van der Waals surface area contributed by atoms with Crippen LogP contribution in [0.3, 0.4) is 0 Å². The summed E-state index contributed by atoms with van der Waals surface area (Å²) in [5, 5.41) is 3.63. The second-order valence-corrected chi connectivity index (χ2v) is 9.67. The highest BCUT2D eigenvalue weighted by Gasteiger charge is 2.26. The molecule has 0 fully saturated rings. The fourth-order valence-electron chi connectivity index (χ4n) is 3.00. The van der Waals surface area contributed by atoms with E-state index in [9.17, 15) is 4.79 Å².